The minimum absolute atomic E-state index is 0.00630. The molecule has 1 saturated carbocycles. The first-order valence-corrected chi connectivity index (χ1v) is 8.25. The van der Waals surface area contributed by atoms with E-state index in [0.29, 0.717) is 28.2 Å². The number of pyridine rings is 1. The molecule has 0 spiro atoms. The van der Waals surface area contributed by atoms with E-state index in [4.69, 9.17) is 0 Å². The lowest BCUT2D eigenvalue weighted by Crippen LogP contribution is -2.13. The molecule has 2 aromatic heterocycles. The predicted octanol–water partition coefficient (Wildman–Crippen LogP) is 3.29. The number of hydrogen-bond donors (Lipinski definition) is 2. The van der Waals surface area contributed by atoms with Gasteiger partial charge in [0.1, 0.15) is 11.5 Å². The zero-order chi connectivity index (χ0) is 17.6. The number of rotatable bonds is 4. The summed E-state index contributed by atoms with van der Waals surface area (Å²) in [5.74, 6) is 0.316. The van der Waals surface area contributed by atoms with Gasteiger partial charge < -0.3 is 14.8 Å². The Balaban J connectivity index is 1.71. The summed E-state index contributed by atoms with van der Waals surface area (Å²) in [6.45, 7) is 1.51. The molecule has 0 saturated heterocycles. The van der Waals surface area contributed by atoms with E-state index in [0.717, 1.165) is 18.4 Å². The number of aliphatic hydroxyl groups is 1. The zero-order valence-electron chi connectivity index (χ0n) is 13.8. The third-order valence-electron chi connectivity index (χ3n) is 4.52. The Bertz CT molecular complexity index is 976. The summed E-state index contributed by atoms with van der Waals surface area (Å²) in [4.78, 5) is 16.2. The number of imidazole rings is 1. The molecule has 1 aliphatic rings. The second-order valence-corrected chi connectivity index (χ2v) is 6.49. The number of carbonyl (C=O) groups is 1. The lowest BCUT2D eigenvalue weighted by Gasteiger charge is -2.10. The molecule has 25 heavy (non-hydrogen) atoms. The second-order valence-electron chi connectivity index (χ2n) is 6.49. The van der Waals surface area contributed by atoms with Crippen molar-refractivity contribution in [2.24, 2.45) is 5.92 Å². The van der Waals surface area contributed by atoms with Crippen LogP contribution in [0.15, 0.2) is 36.7 Å². The highest BCUT2D eigenvalue weighted by Gasteiger charge is 2.30. The lowest BCUT2D eigenvalue weighted by molar-refractivity contribution is -0.117. The van der Waals surface area contributed by atoms with E-state index in [2.05, 4.69) is 10.3 Å². The van der Waals surface area contributed by atoms with Crippen molar-refractivity contribution in [3.05, 3.63) is 53.6 Å². The molecule has 6 heteroatoms. The van der Waals surface area contributed by atoms with Crippen LogP contribution in [0.3, 0.4) is 0 Å². The topological polar surface area (TPSA) is 66.6 Å². The minimum Gasteiger partial charge on any atom is -0.392 e. The van der Waals surface area contributed by atoms with Crippen molar-refractivity contribution in [1.29, 1.82) is 0 Å². The van der Waals surface area contributed by atoms with Gasteiger partial charge in [-0.3, -0.25) is 4.79 Å². The largest absolute Gasteiger partial charge is 0.392 e. The highest BCUT2D eigenvalue weighted by molar-refractivity contribution is 5.93. The molecule has 1 aliphatic carbocycles. The minimum atomic E-state index is -0.310. The standard InChI is InChI=1S/C19H18FN3O2/c1-11-6-14(10-24)15(7-16(11)20)13-4-5-18-21-17(9-23(18)8-13)22-19(25)12-2-3-12/h4-9,12,24H,2-3,10H2,1H3,(H,22,25). The van der Waals surface area contributed by atoms with Crippen molar-refractivity contribution in [2.45, 2.75) is 26.4 Å². The van der Waals surface area contributed by atoms with Gasteiger partial charge in [0, 0.05) is 12.1 Å². The molecule has 1 fully saturated rings. The first kappa shape index (κ1) is 15.8. The van der Waals surface area contributed by atoms with Gasteiger partial charge in [0.15, 0.2) is 5.82 Å². The van der Waals surface area contributed by atoms with Gasteiger partial charge in [0.05, 0.1) is 12.8 Å². The predicted molar refractivity (Wildman–Crippen MR) is 92.6 cm³/mol. The SMILES string of the molecule is Cc1cc(CO)c(-c2ccc3nc(NC(=O)C4CC4)cn3c2)cc1F. The maximum Gasteiger partial charge on any atom is 0.228 e. The molecule has 2 N–H and O–H groups in total. The second kappa shape index (κ2) is 5.97. The molecular weight excluding hydrogens is 321 g/mol. The van der Waals surface area contributed by atoms with E-state index in [1.165, 1.54) is 6.07 Å². The van der Waals surface area contributed by atoms with E-state index < -0.39 is 0 Å². The fraction of sp³-hybridized carbons (Fsp3) is 0.263. The first-order chi connectivity index (χ1) is 12.0. The van der Waals surface area contributed by atoms with Gasteiger partial charge in [-0.05, 0) is 60.2 Å². The third-order valence-corrected chi connectivity index (χ3v) is 4.52. The Morgan fingerprint density at radius 1 is 1.36 bits per heavy atom. The molecular formula is C19H18FN3O2. The molecule has 2 heterocycles. The number of aryl methyl sites for hydroxylation is 1. The van der Waals surface area contributed by atoms with E-state index >= 15 is 0 Å². The molecule has 0 bridgehead atoms. The number of hydrogen-bond acceptors (Lipinski definition) is 3. The molecule has 0 atom stereocenters. The molecule has 0 radical (unpaired) electrons. The van der Waals surface area contributed by atoms with Gasteiger partial charge in [-0.2, -0.15) is 0 Å². The average molecular weight is 339 g/mol. The fourth-order valence-corrected chi connectivity index (χ4v) is 2.93. The van der Waals surface area contributed by atoms with Crippen LogP contribution in [0.5, 0.6) is 0 Å². The van der Waals surface area contributed by atoms with E-state index in [1.807, 2.05) is 12.3 Å². The Morgan fingerprint density at radius 2 is 2.16 bits per heavy atom. The number of aliphatic hydroxyl groups excluding tert-OH is 1. The molecule has 0 aliphatic heterocycles. The number of nitrogens with one attached hydrogen (secondary N) is 1. The van der Waals surface area contributed by atoms with E-state index in [-0.39, 0.29) is 24.2 Å². The molecule has 1 aromatic carbocycles. The van der Waals surface area contributed by atoms with Crippen molar-refractivity contribution in [2.75, 3.05) is 5.32 Å². The number of anilines is 1. The molecule has 5 nitrogen and oxygen atoms in total. The Hall–Kier alpha value is -2.73. The molecule has 4 rings (SSSR count). The summed E-state index contributed by atoms with van der Waals surface area (Å²) in [5.41, 5.74) is 3.27. The van der Waals surface area contributed by atoms with Crippen LogP contribution in [0.1, 0.15) is 24.0 Å². The number of carbonyl (C=O) groups excluding carboxylic acids is 1. The number of fused-ring (bicyclic) bond motifs is 1. The van der Waals surface area contributed by atoms with Crippen molar-refractivity contribution < 1.29 is 14.3 Å². The van der Waals surface area contributed by atoms with Crippen LogP contribution in [-0.4, -0.2) is 20.4 Å². The van der Waals surface area contributed by atoms with Gasteiger partial charge >= 0.3 is 0 Å². The summed E-state index contributed by atoms with van der Waals surface area (Å²) in [6.07, 6.45) is 5.43. The van der Waals surface area contributed by atoms with Crippen molar-refractivity contribution in [3.63, 3.8) is 0 Å². The number of amides is 1. The summed E-state index contributed by atoms with van der Waals surface area (Å²) in [6, 6.07) is 6.73. The van der Waals surface area contributed by atoms with Crippen molar-refractivity contribution in [3.8, 4) is 11.1 Å². The monoisotopic (exact) mass is 339 g/mol. The van der Waals surface area contributed by atoms with Crippen LogP contribution in [0.4, 0.5) is 10.2 Å². The van der Waals surface area contributed by atoms with Crippen LogP contribution < -0.4 is 5.32 Å². The Kier molecular flexibility index (Phi) is 3.77. The van der Waals surface area contributed by atoms with Crippen LogP contribution in [0.2, 0.25) is 0 Å². The molecule has 1 amide bonds. The maximum atomic E-state index is 14.0. The van der Waals surface area contributed by atoms with Crippen LogP contribution >= 0.6 is 0 Å². The summed E-state index contributed by atoms with van der Waals surface area (Å²) >= 11 is 0. The number of benzene rings is 1. The Labute approximate surface area is 144 Å². The maximum absolute atomic E-state index is 14.0. The van der Waals surface area contributed by atoms with Crippen LogP contribution in [0.25, 0.3) is 16.8 Å². The summed E-state index contributed by atoms with van der Waals surface area (Å²) in [7, 11) is 0. The van der Waals surface area contributed by atoms with Gasteiger partial charge in [-0.15, -0.1) is 0 Å². The van der Waals surface area contributed by atoms with Crippen molar-refractivity contribution >= 4 is 17.4 Å². The number of nitrogens with zero attached hydrogens (tertiary/aromatic N) is 2. The van der Waals surface area contributed by atoms with E-state index in [9.17, 15) is 14.3 Å². The van der Waals surface area contributed by atoms with Gasteiger partial charge in [-0.25, -0.2) is 9.37 Å². The fourth-order valence-electron chi connectivity index (χ4n) is 2.93. The third kappa shape index (κ3) is 3.00. The number of aromatic nitrogens is 2. The van der Waals surface area contributed by atoms with Crippen LogP contribution in [-0.2, 0) is 11.4 Å². The quantitative estimate of drug-likeness (QED) is 0.766. The van der Waals surface area contributed by atoms with Gasteiger partial charge in [0.2, 0.25) is 5.91 Å². The van der Waals surface area contributed by atoms with Crippen LogP contribution in [0, 0.1) is 18.7 Å². The Morgan fingerprint density at radius 3 is 2.88 bits per heavy atom. The molecule has 128 valence electrons. The highest BCUT2D eigenvalue weighted by atomic mass is 19.1. The average Bonchev–Trinajstić information content (AvgIpc) is 3.37. The van der Waals surface area contributed by atoms with Gasteiger partial charge in [-0.1, -0.05) is 6.07 Å². The molecule has 3 aromatic rings. The van der Waals surface area contributed by atoms with Crippen molar-refractivity contribution in [1.82, 2.24) is 9.38 Å². The number of halogens is 1. The lowest BCUT2D eigenvalue weighted by atomic mass is 9.99. The normalized spacial score (nSPS) is 14.0. The first-order valence-electron chi connectivity index (χ1n) is 8.25. The highest BCUT2D eigenvalue weighted by Crippen LogP contribution is 2.30. The van der Waals surface area contributed by atoms with E-state index in [1.54, 1.807) is 29.7 Å². The van der Waals surface area contributed by atoms with Gasteiger partial charge in [0.25, 0.3) is 0 Å². The zero-order valence-corrected chi connectivity index (χ0v) is 13.8. The smallest absolute Gasteiger partial charge is 0.228 e. The summed E-state index contributed by atoms with van der Waals surface area (Å²) in [5, 5.41) is 12.4. The summed E-state index contributed by atoms with van der Waals surface area (Å²) < 4.78 is 15.8. The molecule has 0 unspecified atom stereocenters.